The fraction of sp³-hybridized carbons (Fsp3) is 0.127. The Morgan fingerprint density at radius 2 is 1.14 bits per heavy atom. The maximum Gasteiger partial charge on any atom is 0.207 e. The molecule has 0 aliphatic heterocycles. The molecule has 0 fully saturated rings. The van der Waals surface area contributed by atoms with Crippen LogP contribution in [0, 0.1) is 58.2 Å². The van der Waals surface area contributed by atoms with Gasteiger partial charge in [0.05, 0.1) is 0 Å². The van der Waals surface area contributed by atoms with Crippen molar-refractivity contribution < 1.29 is 103 Å². The second-order valence-electron chi connectivity index (χ2n) is 15.3. The first-order valence-corrected chi connectivity index (χ1v) is 21.1. The Morgan fingerprint density at radius 1 is 0.543 bits per heavy atom. The number of fused-ring (bicyclic) bond motifs is 2. The predicted molar refractivity (Wildman–Crippen MR) is 249 cm³/mol. The third-order valence-corrected chi connectivity index (χ3v) is 10.4. The van der Waals surface area contributed by atoms with Gasteiger partial charge in [0.15, 0.2) is 5.69 Å². The minimum Gasteiger partial charge on any atom is -0.270 e. The number of pyridine rings is 4. The van der Waals surface area contributed by atoms with Gasteiger partial charge in [0, 0.05) is 90.9 Å². The third kappa shape index (κ3) is 16.1. The number of nitrogens with zero attached hydrogens (tertiary/aromatic N) is 5. The van der Waals surface area contributed by atoms with Gasteiger partial charge in [0.2, 0.25) is 23.8 Å². The summed E-state index contributed by atoms with van der Waals surface area (Å²) in [5.41, 5.74) is 8.54. The van der Waals surface area contributed by atoms with Crippen LogP contribution in [-0.4, -0.2) is 24.9 Å². The average molecular weight is 1650 g/mol. The fourth-order valence-corrected chi connectivity index (χ4v) is 7.25. The van der Waals surface area contributed by atoms with E-state index in [2.05, 4.69) is 50.3 Å². The second-order valence-corrected chi connectivity index (χ2v) is 15.3. The zero-order chi connectivity index (χ0) is 46.4. The van der Waals surface area contributed by atoms with Crippen LogP contribution in [0.4, 0.5) is 23.2 Å². The maximum atomic E-state index is 13.7. The molecule has 15 heteroatoms. The topological polar surface area (TPSA) is 94.7 Å². The molecule has 366 valence electrons. The third-order valence-electron chi connectivity index (χ3n) is 10.4. The Balaban J connectivity index is 0.000000242. The van der Waals surface area contributed by atoms with Crippen molar-refractivity contribution >= 4 is 16.5 Å². The number of non-ortho nitro benzene ring substituents is 1. The van der Waals surface area contributed by atoms with Crippen molar-refractivity contribution in [1.82, 2.24) is 19.9 Å². The van der Waals surface area contributed by atoms with Crippen LogP contribution in [0.25, 0.3) is 55.8 Å². The van der Waals surface area contributed by atoms with Crippen molar-refractivity contribution in [2.45, 2.75) is 45.4 Å². The Labute approximate surface area is 458 Å². The van der Waals surface area contributed by atoms with E-state index in [-0.39, 0.29) is 98.0 Å². The summed E-state index contributed by atoms with van der Waals surface area (Å²) in [6.45, 7) is 3.91. The Bertz CT molecular complexity index is 3080. The molecule has 0 saturated carbocycles. The van der Waals surface area contributed by atoms with Gasteiger partial charge in [-0.2, -0.15) is 17.6 Å². The van der Waals surface area contributed by atoms with E-state index in [4.69, 9.17) is 0 Å². The van der Waals surface area contributed by atoms with Gasteiger partial charge in [-0.05, 0) is 64.1 Å². The van der Waals surface area contributed by atoms with Crippen LogP contribution in [0.3, 0.4) is 0 Å². The Kier molecular flexibility index (Phi) is 24.5. The van der Waals surface area contributed by atoms with E-state index in [1.165, 1.54) is 66.4 Å². The van der Waals surface area contributed by atoms with E-state index < -0.39 is 22.8 Å². The van der Waals surface area contributed by atoms with Crippen LogP contribution >= 0.6 is 0 Å². The minimum atomic E-state index is -0.627. The van der Waals surface area contributed by atoms with E-state index >= 15 is 0 Å². The first-order chi connectivity index (χ1) is 32.0. The van der Waals surface area contributed by atoms with Crippen molar-refractivity contribution in [2.75, 3.05) is 0 Å². The van der Waals surface area contributed by atoms with Gasteiger partial charge < -0.3 is 0 Å². The molecule has 0 unspecified atom stereocenters. The molecule has 0 saturated heterocycles. The Hall–Kier alpha value is -5.32. The SMILES string of the molecule is CC(C)c1ccc(-c2[c-]cccc2)nc1F.Fc1cc2ccccc2c(-c2[c-]cccc2)n1.Fc1cccc(-c2[c-]ccc3c2CCCC3)n1.O=[N+]([O-])c1cc[c-]c(-c2cccc(F)n2)c1.[Ir].[Ir].[Ir].[Ir]. The van der Waals surface area contributed by atoms with E-state index in [1.54, 1.807) is 30.3 Å². The van der Waals surface area contributed by atoms with Crippen molar-refractivity contribution in [3.63, 3.8) is 0 Å². The molecule has 9 aromatic rings. The van der Waals surface area contributed by atoms with Crippen LogP contribution in [0.15, 0.2) is 158 Å². The van der Waals surface area contributed by atoms with Crippen LogP contribution < -0.4 is 0 Å². The van der Waals surface area contributed by atoms with Crippen molar-refractivity contribution in [3.05, 3.63) is 233 Å². The molecule has 0 bridgehead atoms. The van der Waals surface area contributed by atoms with Crippen LogP contribution in [0.5, 0.6) is 0 Å². The summed E-state index contributed by atoms with van der Waals surface area (Å²) in [4.78, 5) is 25.5. The standard InChI is InChI=1S/C15H13FN.C15H9FN.C14H13FN.C11H6FN2O2.4Ir/c16-15-10-4-9-14(17-15)13-8-3-6-11-5-1-2-7-12(11)13;16-14-10-12-8-4-5-9-13(12)15(17-14)11-6-2-1-3-7-11;1-10(2)12-8-9-13(16-14(12)15)11-6-4-3-5-7-11;12-11-6-2-5-10(13-11)8-3-1-4-9(7-8)14(15)16;;;;/h3-4,6,9-10H,1-2,5,7H2;1-6,8-10H;3-6,8-10H,1-2H3;1-2,4-7H;;;;/q4*-1;;;;. The summed E-state index contributed by atoms with van der Waals surface area (Å²) in [5, 5.41) is 12.3. The van der Waals surface area contributed by atoms with Crippen molar-refractivity contribution in [3.8, 4) is 45.0 Å². The number of aryl methyl sites for hydroxylation is 1. The summed E-state index contributed by atoms with van der Waals surface area (Å²) in [5.74, 6) is -1.75. The van der Waals surface area contributed by atoms with Crippen LogP contribution in [-0.2, 0) is 93.3 Å². The first-order valence-electron chi connectivity index (χ1n) is 21.1. The Morgan fingerprint density at radius 3 is 1.79 bits per heavy atom. The largest absolute Gasteiger partial charge is 0.270 e. The number of halogens is 4. The van der Waals surface area contributed by atoms with Gasteiger partial charge in [-0.3, -0.25) is 30.1 Å². The molecule has 0 amide bonds. The zero-order valence-corrected chi connectivity index (χ0v) is 46.9. The van der Waals surface area contributed by atoms with E-state index in [0.29, 0.717) is 33.9 Å². The molecule has 4 radical (unpaired) electrons. The predicted octanol–water partition coefficient (Wildman–Crippen LogP) is 13.8. The molecule has 0 N–H and O–H groups in total. The molecule has 5 aromatic carbocycles. The molecule has 4 aromatic heterocycles. The fourth-order valence-electron chi connectivity index (χ4n) is 7.25. The quantitative estimate of drug-likeness (QED) is 0.0541. The summed E-state index contributed by atoms with van der Waals surface area (Å²) in [6.07, 6.45) is 4.62. The molecule has 0 spiro atoms. The maximum absolute atomic E-state index is 13.7. The summed E-state index contributed by atoms with van der Waals surface area (Å²) in [6, 6.07) is 57.0. The number of aromatic nitrogens is 4. The molecular formula is C55H41F4Ir4N5O2-4. The van der Waals surface area contributed by atoms with E-state index in [1.807, 2.05) is 92.7 Å². The van der Waals surface area contributed by atoms with Gasteiger partial charge in [0.25, 0.3) is 0 Å². The van der Waals surface area contributed by atoms with Gasteiger partial charge >= 0.3 is 0 Å². The summed E-state index contributed by atoms with van der Waals surface area (Å²) >= 11 is 0. The van der Waals surface area contributed by atoms with Crippen molar-refractivity contribution in [2.24, 2.45) is 0 Å². The van der Waals surface area contributed by atoms with Gasteiger partial charge in [-0.25, -0.2) is 0 Å². The van der Waals surface area contributed by atoms with Gasteiger partial charge in [-0.1, -0.05) is 106 Å². The molecule has 10 rings (SSSR count). The molecule has 1 aliphatic carbocycles. The number of hydrogen-bond donors (Lipinski definition) is 0. The van der Waals surface area contributed by atoms with Crippen LogP contribution in [0.2, 0.25) is 0 Å². The second kappa shape index (κ2) is 29.1. The molecular weight excluding hydrogens is 1610 g/mol. The normalized spacial score (nSPS) is 10.8. The molecule has 1 aliphatic rings. The monoisotopic (exact) mass is 1650 g/mol. The number of nitro benzene ring substituents is 1. The summed E-state index contributed by atoms with van der Waals surface area (Å²) < 4.78 is 53.1. The number of benzene rings is 5. The molecule has 0 atom stereocenters. The average Bonchev–Trinajstić information content (AvgIpc) is 3.34. The summed E-state index contributed by atoms with van der Waals surface area (Å²) in [7, 11) is 0. The number of rotatable bonds is 6. The zero-order valence-electron chi connectivity index (χ0n) is 37.3. The van der Waals surface area contributed by atoms with Crippen molar-refractivity contribution in [1.29, 1.82) is 0 Å². The van der Waals surface area contributed by atoms with E-state index in [9.17, 15) is 27.7 Å². The number of nitro groups is 1. The smallest absolute Gasteiger partial charge is 0.207 e. The molecule has 7 nitrogen and oxygen atoms in total. The molecule has 4 heterocycles. The van der Waals surface area contributed by atoms with Gasteiger partial charge in [-0.15, -0.1) is 124 Å². The van der Waals surface area contributed by atoms with Gasteiger partial charge in [0.1, 0.15) is 0 Å². The number of hydrogen-bond acceptors (Lipinski definition) is 6. The van der Waals surface area contributed by atoms with Crippen LogP contribution in [0.1, 0.15) is 49.3 Å². The molecule has 70 heavy (non-hydrogen) atoms. The van der Waals surface area contributed by atoms with E-state index in [0.717, 1.165) is 40.3 Å². The minimum absolute atomic E-state index is 0. The first kappa shape index (κ1) is 59.0.